The highest BCUT2D eigenvalue weighted by molar-refractivity contribution is 5.90. The third-order valence-corrected chi connectivity index (χ3v) is 3.47. The number of phenols is 3. The first-order chi connectivity index (χ1) is 11.9. The molecule has 0 atom stereocenters. The van der Waals surface area contributed by atoms with Gasteiger partial charge in [0.05, 0.1) is 19.9 Å². The van der Waals surface area contributed by atoms with Crippen molar-refractivity contribution in [1.29, 1.82) is 0 Å². The van der Waals surface area contributed by atoms with Crippen LogP contribution in [0.1, 0.15) is 5.56 Å². The number of ether oxygens (including phenoxy) is 2. The molecule has 0 aliphatic rings. The van der Waals surface area contributed by atoms with Crippen LogP contribution in [0.5, 0.6) is 28.7 Å². The Hall–Kier alpha value is -3.29. The molecular weight excluding hydrogens is 328 g/mol. The number of methoxy groups -OCH3 is 2. The molecule has 0 aromatic heterocycles. The Morgan fingerprint density at radius 3 is 2.24 bits per heavy atom. The Balaban J connectivity index is 1.88. The van der Waals surface area contributed by atoms with Crippen molar-refractivity contribution in [3.05, 3.63) is 35.9 Å². The Kier molecular flexibility index (Phi) is 5.78. The van der Waals surface area contributed by atoms with E-state index in [0.29, 0.717) is 24.5 Å². The van der Waals surface area contributed by atoms with Crippen molar-refractivity contribution in [3.63, 3.8) is 0 Å². The summed E-state index contributed by atoms with van der Waals surface area (Å²) in [5, 5.41) is 33.2. The van der Waals surface area contributed by atoms with Crippen LogP contribution >= 0.6 is 0 Å². The van der Waals surface area contributed by atoms with Gasteiger partial charge in [-0.2, -0.15) is 0 Å². The second-order valence-corrected chi connectivity index (χ2v) is 5.18. The molecule has 0 fully saturated rings. The number of rotatable bonds is 6. The van der Waals surface area contributed by atoms with Crippen molar-refractivity contribution >= 4 is 11.7 Å². The number of carbonyl (C=O) groups is 1. The lowest BCUT2D eigenvalue weighted by Crippen LogP contribution is -2.30. The van der Waals surface area contributed by atoms with Crippen LogP contribution in [0.3, 0.4) is 0 Å². The summed E-state index contributed by atoms with van der Waals surface area (Å²) < 4.78 is 10.4. The van der Waals surface area contributed by atoms with Crippen molar-refractivity contribution in [3.8, 4) is 28.7 Å². The van der Waals surface area contributed by atoms with Gasteiger partial charge in [0, 0.05) is 18.7 Å². The van der Waals surface area contributed by atoms with Crippen molar-refractivity contribution < 1.29 is 29.6 Å². The Labute approximate surface area is 144 Å². The zero-order valence-corrected chi connectivity index (χ0v) is 13.9. The molecule has 0 bridgehead atoms. The van der Waals surface area contributed by atoms with E-state index in [1.807, 2.05) is 12.1 Å². The number of hydrogen-bond donors (Lipinski definition) is 5. The summed E-state index contributed by atoms with van der Waals surface area (Å²) in [5.74, 6) is -0.455. The average Bonchev–Trinajstić information content (AvgIpc) is 2.59. The van der Waals surface area contributed by atoms with E-state index in [1.165, 1.54) is 0 Å². The minimum Gasteiger partial charge on any atom is -0.504 e. The second kappa shape index (κ2) is 8.00. The summed E-state index contributed by atoms with van der Waals surface area (Å²) in [7, 11) is 3.11. The normalized spacial score (nSPS) is 10.2. The number of phenolic OH excluding ortho intramolecular Hbond substituents is 3. The van der Waals surface area contributed by atoms with E-state index < -0.39 is 23.3 Å². The van der Waals surface area contributed by atoms with Crippen LogP contribution in [0.25, 0.3) is 0 Å². The first-order valence-corrected chi connectivity index (χ1v) is 7.45. The SMILES string of the molecule is COc1ccc(CCNC(=O)Nc2cc(O)c(O)c(O)c2)cc1OC. The first kappa shape index (κ1) is 18.1. The molecule has 0 radical (unpaired) electrons. The summed E-state index contributed by atoms with van der Waals surface area (Å²) in [4.78, 5) is 11.8. The predicted molar refractivity (Wildman–Crippen MR) is 91.7 cm³/mol. The van der Waals surface area contributed by atoms with E-state index in [4.69, 9.17) is 9.47 Å². The highest BCUT2D eigenvalue weighted by Crippen LogP contribution is 2.37. The van der Waals surface area contributed by atoms with Crippen molar-refractivity contribution in [2.45, 2.75) is 6.42 Å². The van der Waals surface area contributed by atoms with Gasteiger partial charge in [-0.05, 0) is 24.1 Å². The molecule has 0 aliphatic heterocycles. The molecule has 2 aromatic carbocycles. The molecule has 25 heavy (non-hydrogen) atoms. The average molecular weight is 348 g/mol. The molecule has 2 aromatic rings. The van der Waals surface area contributed by atoms with Crippen LogP contribution in [-0.4, -0.2) is 42.1 Å². The summed E-state index contributed by atoms with van der Waals surface area (Å²) in [6.07, 6.45) is 0.569. The lowest BCUT2D eigenvalue weighted by atomic mass is 10.1. The zero-order valence-electron chi connectivity index (χ0n) is 13.9. The molecule has 8 heteroatoms. The molecule has 0 aliphatic carbocycles. The summed E-state index contributed by atoms with van der Waals surface area (Å²) in [5.41, 5.74) is 1.11. The van der Waals surface area contributed by atoms with Crippen molar-refractivity contribution in [1.82, 2.24) is 5.32 Å². The minimum atomic E-state index is -0.639. The summed E-state index contributed by atoms with van der Waals surface area (Å²) >= 11 is 0. The molecule has 134 valence electrons. The van der Waals surface area contributed by atoms with Crippen LogP contribution in [0, 0.1) is 0 Å². The smallest absolute Gasteiger partial charge is 0.319 e. The first-order valence-electron chi connectivity index (χ1n) is 7.45. The van der Waals surface area contributed by atoms with Gasteiger partial charge in [0.25, 0.3) is 0 Å². The number of aromatic hydroxyl groups is 3. The van der Waals surface area contributed by atoms with Gasteiger partial charge >= 0.3 is 6.03 Å². The van der Waals surface area contributed by atoms with Crippen LogP contribution < -0.4 is 20.1 Å². The molecule has 0 saturated carbocycles. The van der Waals surface area contributed by atoms with Crippen molar-refractivity contribution in [2.24, 2.45) is 0 Å². The lowest BCUT2D eigenvalue weighted by molar-refractivity contribution is 0.252. The third kappa shape index (κ3) is 4.60. The van der Waals surface area contributed by atoms with Crippen LogP contribution in [0.4, 0.5) is 10.5 Å². The van der Waals surface area contributed by atoms with Crippen LogP contribution in [0.15, 0.2) is 30.3 Å². The van der Waals surface area contributed by atoms with E-state index in [0.717, 1.165) is 17.7 Å². The van der Waals surface area contributed by atoms with Crippen molar-refractivity contribution in [2.75, 3.05) is 26.1 Å². The lowest BCUT2D eigenvalue weighted by Gasteiger charge is -2.11. The van der Waals surface area contributed by atoms with Gasteiger partial charge in [-0.25, -0.2) is 4.79 Å². The van der Waals surface area contributed by atoms with E-state index in [-0.39, 0.29) is 5.69 Å². The number of hydrogen-bond acceptors (Lipinski definition) is 6. The minimum absolute atomic E-state index is 0.149. The summed E-state index contributed by atoms with van der Waals surface area (Å²) in [6.45, 7) is 0.358. The molecule has 0 spiro atoms. The van der Waals surface area contributed by atoms with E-state index in [9.17, 15) is 20.1 Å². The van der Waals surface area contributed by atoms with Gasteiger partial charge < -0.3 is 35.4 Å². The van der Waals surface area contributed by atoms with E-state index >= 15 is 0 Å². The Bertz CT molecular complexity index is 740. The second-order valence-electron chi connectivity index (χ2n) is 5.18. The van der Waals surface area contributed by atoms with Crippen LogP contribution in [0.2, 0.25) is 0 Å². The number of carbonyl (C=O) groups excluding carboxylic acids is 1. The fraction of sp³-hybridized carbons (Fsp3) is 0.235. The maximum atomic E-state index is 11.8. The number of amides is 2. The molecule has 8 nitrogen and oxygen atoms in total. The molecule has 2 rings (SSSR count). The zero-order chi connectivity index (χ0) is 18.4. The number of anilines is 1. The standard InChI is InChI=1S/C17H20N2O6/c1-24-14-4-3-10(7-15(14)25-2)5-6-18-17(23)19-11-8-12(20)16(22)13(21)9-11/h3-4,7-9,20-22H,5-6H2,1-2H3,(H2,18,19,23). The maximum absolute atomic E-state index is 11.8. The highest BCUT2D eigenvalue weighted by Gasteiger charge is 2.10. The van der Waals surface area contributed by atoms with Gasteiger partial charge in [-0.15, -0.1) is 0 Å². The molecule has 5 N–H and O–H groups in total. The van der Waals surface area contributed by atoms with E-state index in [1.54, 1.807) is 20.3 Å². The van der Waals surface area contributed by atoms with E-state index in [2.05, 4.69) is 10.6 Å². The van der Waals surface area contributed by atoms with Gasteiger partial charge in [-0.3, -0.25) is 0 Å². The predicted octanol–water partition coefficient (Wildman–Crippen LogP) is 2.18. The number of benzene rings is 2. The van der Waals surface area contributed by atoms with Gasteiger partial charge in [0.15, 0.2) is 28.7 Å². The number of nitrogens with one attached hydrogen (secondary N) is 2. The number of urea groups is 1. The maximum Gasteiger partial charge on any atom is 0.319 e. The topological polar surface area (TPSA) is 120 Å². The third-order valence-electron chi connectivity index (χ3n) is 3.47. The molecular formula is C17H20N2O6. The fourth-order valence-corrected chi connectivity index (χ4v) is 2.21. The summed E-state index contributed by atoms with van der Waals surface area (Å²) in [6, 6.07) is 7.23. The van der Waals surface area contributed by atoms with Gasteiger partial charge in [-0.1, -0.05) is 6.07 Å². The largest absolute Gasteiger partial charge is 0.504 e. The molecule has 2 amide bonds. The van der Waals surface area contributed by atoms with Crippen LogP contribution in [-0.2, 0) is 6.42 Å². The van der Waals surface area contributed by atoms with Gasteiger partial charge in [0.2, 0.25) is 0 Å². The Morgan fingerprint density at radius 1 is 1.00 bits per heavy atom. The Morgan fingerprint density at radius 2 is 1.64 bits per heavy atom. The van der Waals surface area contributed by atoms with Gasteiger partial charge in [0.1, 0.15) is 0 Å². The molecule has 0 saturated heterocycles. The highest BCUT2D eigenvalue weighted by atomic mass is 16.5. The fourth-order valence-electron chi connectivity index (χ4n) is 2.21. The molecule has 0 unspecified atom stereocenters. The monoisotopic (exact) mass is 348 g/mol. The quantitative estimate of drug-likeness (QED) is 0.403. The molecule has 0 heterocycles.